The molecule has 0 N–H and O–H groups in total. The van der Waals surface area contributed by atoms with E-state index >= 15 is 0 Å². The van der Waals surface area contributed by atoms with Gasteiger partial charge in [-0.25, -0.2) is 9.78 Å². The number of benzene rings is 4. The standard InChI is InChI=1S/C56H53NO11S.C6H14O/c1-3-41(58)33-37-11-9-35(10-12-37)15-31-52(60)65-43-23-17-38(18-24-43)55(62)67-47-29-30-48(54-45(47)27-28-46(57-54)50-34-40-7-5-6-8-49(40)69-50)68-56(63)39-19-25-44(26-20-39)66-53(61)32-16-36-13-21-42(22-14-36)64-51(59)4-2;1-3-5-7-6-4-2/h3-14,21-22,27-30,34,38-39,43-44H,1-2,15-20,23-26,31-33H2;3-6H2,1-2H3. The summed E-state index contributed by atoms with van der Waals surface area (Å²) in [5.41, 5.74) is 3.82. The molecule has 6 aromatic rings. The van der Waals surface area contributed by atoms with Crippen LogP contribution in [0.2, 0.25) is 0 Å². The van der Waals surface area contributed by atoms with Crippen molar-refractivity contribution in [2.45, 2.75) is 122 Å². The minimum Gasteiger partial charge on any atom is -0.462 e. The molecule has 2 aliphatic carbocycles. The highest BCUT2D eigenvalue weighted by molar-refractivity contribution is 7.22. The zero-order chi connectivity index (χ0) is 53.8. The van der Waals surface area contributed by atoms with E-state index in [-0.39, 0.29) is 48.5 Å². The molecule has 2 heterocycles. The van der Waals surface area contributed by atoms with Gasteiger partial charge in [0.25, 0.3) is 0 Å². The smallest absolute Gasteiger partial charge is 0.335 e. The van der Waals surface area contributed by atoms with Crippen LogP contribution >= 0.6 is 11.3 Å². The van der Waals surface area contributed by atoms with Crippen LogP contribution in [-0.4, -0.2) is 66.0 Å². The molecule has 2 saturated carbocycles. The summed E-state index contributed by atoms with van der Waals surface area (Å²) in [6, 6.07) is 31.6. The maximum atomic E-state index is 13.8. The topological polar surface area (TPSA) is 171 Å². The summed E-state index contributed by atoms with van der Waals surface area (Å²) in [6.45, 7) is 13.0. The van der Waals surface area contributed by atoms with Crippen LogP contribution in [0.15, 0.2) is 128 Å². The molecule has 0 saturated heterocycles. The largest absolute Gasteiger partial charge is 0.462 e. The maximum absolute atomic E-state index is 13.8. The van der Waals surface area contributed by atoms with E-state index in [1.54, 1.807) is 47.7 Å². The van der Waals surface area contributed by atoms with E-state index < -0.39 is 29.7 Å². The highest BCUT2D eigenvalue weighted by Gasteiger charge is 2.32. The van der Waals surface area contributed by atoms with Gasteiger partial charge in [-0.2, -0.15) is 0 Å². The van der Waals surface area contributed by atoms with Crippen molar-refractivity contribution in [2.75, 3.05) is 13.2 Å². The first kappa shape index (κ1) is 56.4. The van der Waals surface area contributed by atoms with Crippen molar-refractivity contribution in [3.05, 3.63) is 145 Å². The highest BCUT2D eigenvalue weighted by atomic mass is 32.1. The van der Waals surface area contributed by atoms with Gasteiger partial charge in [0.1, 0.15) is 29.2 Å². The van der Waals surface area contributed by atoms with Crippen LogP contribution in [0.1, 0.15) is 108 Å². The molecule has 0 atom stereocenters. The van der Waals surface area contributed by atoms with Crippen LogP contribution in [0.4, 0.5) is 0 Å². The van der Waals surface area contributed by atoms with E-state index in [0.717, 1.165) is 63.8 Å². The average Bonchev–Trinajstić information content (AvgIpc) is 3.89. The molecule has 0 unspecified atom stereocenters. The Balaban J connectivity index is 0.00000112. The average molecular weight is 1050 g/mol. The van der Waals surface area contributed by atoms with E-state index in [9.17, 15) is 28.8 Å². The van der Waals surface area contributed by atoms with Gasteiger partial charge < -0.3 is 28.4 Å². The first-order valence-corrected chi connectivity index (χ1v) is 27.2. The number of hydrogen-bond acceptors (Lipinski definition) is 14. The van der Waals surface area contributed by atoms with Gasteiger partial charge in [-0.05, 0) is 154 Å². The van der Waals surface area contributed by atoms with Gasteiger partial charge in [0.05, 0.1) is 22.4 Å². The van der Waals surface area contributed by atoms with Crippen molar-refractivity contribution in [2.24, 2.45) is 11.8 Å². The second-order valence-corrected chi connectivity index (χ2v) is 20.2. The number of pyridine rings is 1. The summed E-state index contributed by atoms with van der Waals surface area (Å²) in [5, 5.41) is 1.60. The third-order valence-electron chi connectivity index (χ3n) is 13.4. The number of aromatic nitrogens is 1. The molecule has 4 aromatic carbocycles. The number of fused-ring (bicyclic) bond motifs is 2. The van der Waals surface area contributed by atoms with Crippen LogP contribution in [0.3, 0.4) is 0 Å². The van der Waals surface area contributed by atoms with Crippen molar-refractivity contribution >= 4 is 68.0 Å². The summed E-state index contributed by atoms with van der Waals surface area (Å²) in [4.78, 5) is 82.0. The molecule has 0 aliphatic heterocycles. The molecule has 14 heteroatoms. The van der Waals surface area contributed by atoms with Gasteiger partial charge in [0.2, 0.25) is 0 Å². The lowest BCUT2D eigenvalue weighted by molar-refractivity contribution is -0.153. The van der Waals surface area contributed by atoms with Gasteiger partial charge in [0.15, 0.2) is 11.5 Å². The predicted molar refractivity (Wildman–Crippen MR) is 293 cm³/mol. The monoisotopic (exact) mass is 1050 g/mol. The lowest BCUT2D eigenvalue weighted by Crippen LogP contribution is -2.30. The van der Waals surface area contributed by atoms with Crippen LogP contribution in [0.25, 0.3) is 31.6 Å². The first-order chi connectivity index (χ1) is 36.9. The molecule has 0 spiro atoms. The van der Waals surface area contributed by atoms with Gasteiger partial charge in [-0.15, -0.1) is 11.3 Å². The Kier molecular flexibility index (Phi) is 21.2. The molecule has 2 fully saturated rings. The van der Waals surface area contributed by atoms with Crippen LogP contribution in [-0.2, 0) is 62.2 Å². The normalized spacial score (nSPS) is 17.1. The molecular weight excluding hydrogens is 983 g/mol. The summed E-state index contributed by atoms with van der Waals surface area (Å²) in [6.07, 6.45) is 9.81. The molecular formula is C62H67NO12S. The Labute approximate surface area is 448 Å². The van der Waals surface area contributed by atoms with E-state index in [0.29, 0.717) is 98.7 Å². The SMILES string of the molecule is C=CC(=O)Cc1ccc(CCC(=O)OC2CCC(C(=O)Oc3ccc(OC(=O)C4CCC(OC(=O)CCc5ccc(OC(=O)C=C)cc5)CC4)c4nc(-c5cc6ccccc6s5)ccc34)CC2)cc1.CCCOCCC. The Bertz CT molecular complexity index is 2930. The number of thiophene rings is 1. The fourth-order valence-corrected chi connectivity index (χ4v) is 10.2. The highest BCUT2D eigenvalue weighted by Crippen LogP contribution is 2.39. The Morgan fingerprint density at radius 2 is 1.14 bits per heavy atom. The number of aryl methyl sites for hydroxylation is 2. The molecule has 2 aromatic heterocycles. The number of ether oxygens (including phenoxy) is 6. The van der Waals surface area contributed by atoms with Crippen LogP contribution < -0.4 is 14.2 Å². The molecule has 0 amide bonds. The minimum absolute atomic E-state index is 0.0481. The van der Waals surface area contributed by atoms with Crippen molar-refractivity contribution in [1.82, 2.24) is 4.98 Å². The van der Waals surface area contributed by atoms with Crippen molar-refractivity contribution in [1.29, 1.82) is 0 Å². The zero-order valence-corrected chi connectivity index (χ0v) is 44.3. The quantitative estimate of drug-likeness (QED) is 0.0272. The van der Waals surface area contributed by atoms with Gasteiger partial charge in [0, 0.05) is 48.6 Å². The fourth-order valence-electron chi connectivity index (χ4n) is 9.15. The molecule has 13 nitrogen and oxygen atoms in total. The molecule has 2 aliphatic rings. The lowest BCUT2D eigenvalue weighted by Gasteiger charge is -2.27. The second kappa shape index (κ2) is 28.6. The third kappa shape index (κ3) is 16.6. The van der Waals surface area contributed by atoms with Gasteiger partial charge >= 0.3 is 29.8 Å². The van der Waals surface area contributed by atoms with E-state index in [2.05, 4.69) is 39.1 Å². The van der Waals surface area contributed by atoms with Crippen molar-refractivity contribution in [3.63, 3.8) is 0 Å². The van der Waals surface area contributed by atoms with Crippen LogP contribution in [0, 0.1) is 11.8 Å². The fraction of sp³-hybridized carbons (Fsp3) is 0.371. The second-order valence-electron chi connectivity index (χ2n) is 19.1. The molecule has 76 heavy (non-hydrogen) atoms. The summed E-state index contributed by atoms with van der Waals surface area (Å²) in [5.74, 6) is -1.89. The Hall–Kier alpha value is -7.29. The lowest BCUT2D eigenvalue weighted by atomic mass is 9.87. The third-order valence-corrected chi connectivity index (χ3v) is 14.5. The van der Waals surface area contributed by atoms with Gasteiger partial charge in [-0.3, -0.25) is 24.0 Å². The van der Waals surface area contributed by atoms with E-state index in [1.807, 2.05) is 54.6 Å². The Morgan fingerprint density at radius 3 is 1.70 bits per heavy atom. The number of esters is 5. The summed E-state index contributed by atoms with van der Waals surface area (Å²) < 4.78 is 35.1. The number of carbonyl (C=O) groups is 6. The van der Waals surface area contributed by atoms with Crippen molar-refractivity contribution in [3.8, 4) is 27.8 Å². The molecule has 398 valence electrons. The number of allylic oxidation sites excluding steroid dienone is 1. The van der Waals surface area contributed by atoms with Crippen LogP contribution in [0.5, 0.6) is 17.2 Å². The molecule has 0 bridgehead atoms. The Morgan fingerprint density at radius 1 is 0.605 bits per heavy atom. The number of ketones is 1. The number of carbonyl (C=O) groups excluding carboxylic acids is 6. The van der Waals surface area contributed by atoms with E-state index in [1.165, 1.54) is 6.08 Å². The van der Waals surface area contributed by atoms with Crippen molar-refractivity contribution < 1.29 is 57.2 Å². The molecule has 0 radical (unpaired) electrons. The predicted octanol–water partition coefficient (Wildman–Crippen LogP) is 12.6. The summed E-state index contributed by atoms with van der Waals surface area (Å²) >= 11 is 1.60. The number of rotatable bonds is 22. The number of nitrogens with zero attached hydrogens (tertiary/aromatic N) is 1. The first-order valence-electron chi connectivity index (χ1n) is 26.4. The van der Waals surface area contributed by atoms with Gasteiger partial charge in [-0.1, -0.05) is 81.6 Å². The van der Waals surface area contributed by atoms with E-state index in [4.69, 9.17) is 33.4 Å². The maximum Gasteiger partial charge on any atom is 0.335 e. The molecule has 8 rings (SSSR count). The number of hydrogen-bond donors (Lipinski definition) is 0. The zero-order valence-electron chi connectivity index (χ0n) is 43.5. The summed E-state index contributed by atoms with van der Waals surface area (Å²) in [7, 11) is 0. The minimum atomic E-state index is -0.547.